The van der Waals surface area contributed by atoms with Gasteiger partial charge in [-0.15, -0.1) is 0 Å². The normalized spacial score (nSPS) is 35.5. The lowest BCUT2D eigenvalue weighted by atomic mass is 9.92. The van der Waals surface area contributed by atoms with Gasteiger partial charge in [0.25, 0.3) is 0 Å². The molecule has 0 spiro atoms. The molecule has 1 aliphatic heterocycles. The average molecular weight is 154 g/mol. The van der Waals surface area contributed by atoms with Crippen molar-refractivity contribution in [2.45, 2.75) is 37.8 Å². The van der Waals surface area contributed by atoms with Crippen molar-refractivity contribution in [3.63, 3.8) is 0 Å². The number of guanidine groups is 1. The van der Waals surface area contributed by atoms with E-state index in [1.54, 1.807) is 0 Å². The van der Waals surface area contributed by atoms with Crippen molar-refractivity contribution in [2.75, 3.05) is 0 Å². The molecule has 4 heteroatoms. The molecule has 0 radical (unpaired) electrons. The summed E-state index contributed by atoms with van der Waals surface area (Å²) < 4.78 is 0. The second kappa shape index (κ2) is 2.70. The van der Waals surface area contributed by atoms with Gasteiger partial charge in [0, 0.05) is 0 Å². The maximum Gasteiger partial charge on any atom is 0.206 e. The Bertz CT molecular complexity index is 177. The third-order valence-electron chi connectivity index (χ3n) is 2.48. The largest absolute Gasteiger partial charge is 0.350 e. The Balaban J connectivity index is 2.02. The van der Waals surface area contributed by atoms with Crippen LogP contribution < -0.4 is 16.6 Å². The molecule has 1 aliphatic carbocycles. The number of hydrogen-bond acceptors (Lipinski definition) is 4. The lowest BCUT2D eigenvalue weighted by Gasteiger charge is -2.22. The van der Waals surface area contributed by atoms with E-state index in [1.165, 1.54) is 25.7 Å². The fourth-order valence-electron chi connectivity index (χ4n) is 1.89. The second-order valence-electron chi connectivity index (χ2n) is 3.22. The van der Waals surface area contributed by atoms with Crippen molar-refractivity contribution in [1.82, 2.24) is 10.7 Å². The number of hydrazine groups is 1. The molecule has 0 saturated heterocycles. The van der Waals surface area contributed by atoms with Gasteiger partial charge in [0.2, 0.25) is 5.96 Å². The average Bonchev–Trinajstić information content (AvgIpc) is 2.46. The zero-order chi connectivity index (χ0) is 7.68. The predicted octanol–water partition coefficient (Wildman–Crippen LogP) is -0.280. The van der Waals surface area contributed by atoms with Crippen molar-refractivity contribution in [3.8, 4) is 0 Å². The highest BCUT2D eigenvalue weighted by Crippen LogP contribution is 2.23. The van der Waals surface area contributed by atoms with Crippen LogP contribution in [0.4, 0.5) is 0 Å². The Kier molecular flexibility index (Phi) is 1.69. The molecule has 2 rings (SSSR count). The van der Waals surface area contributed by atoms with E-state index in [2.05, 4.69) is 15.7 Å². The Hall–Kier alpha value is -0.770. The summed E-state index contributed by atoms with van der Waals surface area (Å²) in [5.74, 6) is 6.01. The molecule has 11 heavy (non-hydrogen) atoms. The molecule has 0 bridgehead atoms. The van der Waals surface area contributed by atoms with Crippen LogP contribution >= 0.6 is 0 Å². The van der Waals surface area contributed by atoms with Crippen LogP contribution in [0.3, 0.4) is 0 Å². The summed E-state index contributed by atoms with van der Waals surface area (Å²) in [4.78, 5) is 4.40. The number of rotatable bonds is 0. The minimum absolute atomic E-state index is 0.481. The molecular weight excluding hydrogens is 140 g/mol. The van der Waals surface area contributed by atoms with Crippen LogP contribution in [0.25, 0.3) is 0 Å². The van der Waals surface area contributed by atoms with Gasteiger partial charge in [-0.2, -0.15) is 0 Å². The third kappa shape index (κ3) is 1.18. The first-order valence-electron chi connectivity index (χ1n) is 4.21. The standard InChI is InChI=1S/C7H14N4/c8-11-7-9-5-3-1-2-4-6(5)10-7/h5-6H,1-4,8H2,(H2,9,10,11)/t5-,6-/m1/s1. The van der Waals surface area contributed by atoms with Gasteiger partial charge >= 0.3 is 0 Å². The highest BCUT2D eigenvalue weighted by atomic mass is 15.4. The van der Waals surface area contributed by atoms with Crippen LogP contribution in [0.2, 0.25) is 0 Å². The number of hydrogen-bond donors (Lipinski definition) is 3. The van der Waals surface area contributed by atoms with Crippen LogP contribution in [-0.2, 0) is 0 Å². The Morgan fingerprint density at radius 2 is 2.27 bits per heavy atom. The summed E-state index contributed by atoms with van der Waals surface area (Å²) >= 11 is 0. The molecule has 0 unspecified atom stereocenters. The van der Waals surface area contributed by atoms with Crippen molar-refractivity contribution >= 4 is 5.96 Å². The van der Waals surface area contributed by atoms with Gasteiger partial charge in [0.1, 0.15) is 0 Å². The van der Waals surface area contributed by atoms with Gasteiger partial charge in [0.15, 0.2) is 0 Å². The van der Waals surface area contributed by atoms with Gasteiger partial charge in [-0.1, -0.05) is 12.8 Å². The van der Waals surface area contributed by atoms with Crippen LogP contribution in [0.1, 0.15) is 25.7 Å². The fourth-order valence-corrected chi connectivity index (χ4v) is 1.89. The highest BCUT2D eigenvalue weighted by molar-refractivity contribution is 5.81. The summed E-state index contributed by atoms with van der Waals surface area (Å²) in [5, 5.41) is 3.26. The second-order valence-corrected chi connectivity index (χ2v) is 3.22. The van der Waals surface area contributed by atoms with E-state index in [-0.39, 0.29) is 0 Å². The number of nitrogens with one attached hydrogen (secondary N) is 2. The fraction of sp³-hybridized carbons (Fsp3) is 0.857. The maximum absolute atomic E-state index is 5.24. The SMILES string of the molecule is NNC1=N[C@@H]2CCCC[C@H]2N1. The summed E-state index contributed by atoms with van der Waals surface area (Å²) in [5.41, 5.74) is 2.56. The molecule has 2 atom stereocenters. The Morgan fingerprint density at radius 1 is 1.45 bits per heavy atom. The van der Waals surface area contributed by atoms with E-state index in [0.29, 0.717) is 12.1 Å². The first-order valence-corrected chi connectivity index (χ1v) is 4.21. The number of fused-ring (bicyclic) bond motifs is 1. The van der Waals surface area contributed by atoms with Crippen molar-refractivity contribution in [1.29, 1.82) is 0 Å². The first kappa shape index (κ1) is 6.91. The molecule has 0 aromatic carbocycles. The van der Waals surface area contributed by atoms with Crippen LogP contribution in [0.15, 0.2) is 4.99 Å². The van der Waals surface area contributed by atoms with Crippen molar-refractivity contribution in [3.05, 3.63) is 0 Å². The van der Waals surface area contributed by atoms with Crippen molar-refractivity contribution in [2.24, 2.45) is 10.8 Å². The van der Waals surface area contributed by atoms with Gasteiger partial charge in [-0.05, 0) is 12.8 Å². The third-order valence-corrected chi connectivity index (χ3v) is 2.48. The minimum Gasteiger partial charge on any atom is -0.350 e. The highest BCUT2D eigenvalue weighted by Gasteiger charge is 2.30. The summed E-state index contributed by atoms with van der Waals surface area (Å²) in [6, 6.07) is 1.03. The smallest absolute Gasteiger partial charge is 0.206 e. The quantitative estimate of drug-likeness (QED) is 0.332. The van der Waals surface area contributed by atoms with Gasteiger partial charge < -0.3 is 5.32 Å². The number of nitrogens with two attached hydrogens (primary N) is 1. The lowest BCUT2D eigenvalue weighted by molar-refractivity contribution is 0.384. The van der Waals surface area contributed by atoms with Crippen molar-refractivity contribution < 1.29 is 0 Å². The summed E-state index contributed by atoms with van der Waals surface area (Å²) in [6.07, 6.45) is 5.08. The molecule has 1 saturated carbocycles. The molecule has 0 aromatic rings. The molecule has 1 fully saturated rings. The number of aliphatic imine (C=N–C) groups is 1. The number of nitrogens with zero attached hydrogens (tertiary/aromatic N) is 1. The molecule has 62 valence electrons. The zero-order valence-electron chi connectivity index (χ0n) is 6.51. The maximum atomic E-state index is 5.24. The minimum atomic E-state index is 0.481. The lowest BCUT2D eigenvalue weighted by Crippen LogP contribution is -2.44. The molecule has 1 heterocycles. The van der Waals surface area contributed by atoms with E-state index in [1.807, 2.05) is 0 Å². The monoisotopic (exact) mass is 154 g/mol. The van der Waals surface area contributed by atoms with E-state index in [9.17, 15) is 0 Å². The molecule has 4 N–H and O–H groups in total. The van der Waals surface area contributed by atoms with E-state index < -0.39 is 0 Å². The van der Waals surface area contributed by atoms with E-state index >= 15 is 0 Å². The van der Waals surface area contributed by atoms with E-state index in [4.69, 9.17) is 5.84 Å². The first-order chi connectivity index (χ1) is 5.40. The van der Waals surface area contributed by atoms with E-state index in [0.717, 1.165) is 5.96 Å². The van der Waals surface area contributed by atoms with Gasteiger partial charge in [-0.3, -0.25) is 5.43 Å². The summed E-state index contributed by atoms with van der Waals surface area (Å²) in [7, 11) is 0. The Morgan fingerprint density at radius 3 is 3.00 bits per heavy atom. The molecule has 0 aromatic heterocycles. The van der Waals surface area contributed by atoms with Crippen LogP contribution in [-0.4, -0.2) is 18.0 Å². The molecule has 0 amide bonds. The molecule has 4 nitrogen and oxygen atoms in total. The zero-order valence-corrected chi connectivity index (χ0v) is 6.51. The van der Waals surface area contributed by atoms with Gasteiger partial charge in [0.05, 0.1) is 12.1 Å². The van der Waals surface area contributed by atoms with Gasteiger partial charge in [-0.25, -0.2) is 10.8 Å². The predicted molar refractivity (Wildman–Crippen MR) is 43.9 cm³/mol. The molecular formula is C7H14N4. The summed E-state index contributed by atoms with van der Waals surface area (Å²) in [6.45, 7) is 0. The molecule has 2 aliphatic rings. The topological polar surface area (TPSA) is 62.4 Å². The Labute approximate surface area is 66.2 Å². The van der Waals surface area contributed by atoms with Crippen LogP contribution in [0, 0.1) is 0 Å². The van der Waals surface area contributed by atoms with Crippen LogP contribution in [0.5, 0.6) is 0 Å².